The summed E-state index contributed by atoms with van der Waals surface area (Å²) in [5.74, 6) is 5.83. The number of hydrazine groups is 1. The van der Waals surface area contributed by atoms with Crippen molar-refractivity contribution in [1.82, 2.24) is 9.97 Å². The third kappa shape index (κ3) is 4.05. The van der Waals surface area contributed by atoms with Crippen LogP contribution in [-0.2, 0) is 12.7 Å². The molecule has 0 aliphatic rings. The van der Waals surface area contributed by atoms with Crippen molar-refractivity contribution in [2.24, 2.45) is 5.84 Å². The van der Waals surface area contributed by atoms with E-state index in [0.29, 0.717) is 15.9 Å². The van der Waals surface area contributed by atoms with E-state index in [1.54, 1.807) is 6.07 Å². The van der Waals surface area contributed by atoms with Gasteiger partial charge in [-0.05, 0) is 33.6 Å². The second-order valence-corrected chi connectivity index (χ2v) is 4.94. The lowest BCUT2D eigenvalue weighted by molar-refractivity contribution is -0.137. The fourth-order valence-electron chi connectivity index (χ4n) is 1.60. The number of nitrogens with one attached hydrogen (secondary N) is 2. The Morgan fingerprint density at radius 3 is 2.71 bits per heavy atom. The number of benzene rings is 1. The van der Waals surface area contributed by atoms with Crippen molar-refractivity contribution in [3.63, 3.8) is 0 Å². The Kier molecular flexibility index (Phi) is 4.63. The molecule has 9 heteroatoms. The standard InChI is InChI=1S/C12H11BrF3N5/c13-9-6-19-11(21-17)20-10(9)18-5-7-2-1-3-8(4-7)12(14,15)16/h1-4,6H,5,17H2,(H2,18,19,20,21). The lowest BCUT2D eigenvalue weighted by Crippen LogP contribution is -2.12. The van der Waals surface area contributed by atoms with Crippen LogP contribution in [0.4, 0.5) is 24.9 Å². The van der Waals surface area contributed by atoms with Gasteiger partial charge in [0.1, 0.15) is 5.82 Å². The van der Waals surface area contributed by atoms with Gasteiger partial charge in [0.05, 0.1) is 10.0 Å². The van der Waals surface area contributed by atoms with Crippen LogP contribution in [0, 0.1) is 0 Å². The smallest absolute Gasteiger partial charge is 0.365 e. The first-order chi connectivity index (χ1) is 9.90. The van der Waals surface area contributed by atoms with Crippen molar-refractivity contribution in [3.05, 3.63) is 46.1 Å². The topological polar surface area (TPSA) is 75.9 Å². The van der Waals surface area contributed by atoms with Crippen molar-refractivity contribution in [3.8, 4) is 0 Å². The number of hydrogen-bond acceptors (Lipinski definition) is 5. The molecule has 0 saturated carbocycles. The summed E-state index contributed by atoms with van der Waals surface area (Å²) in [6, 6.07) is 5.08. The molecule has 1 heterocycles. The average Bonchev–Trinajstić information content (AvgIpc) is 2.46. The van der Waals surface area contributed by atoms with Gasteiger partial charge >= 0.3 is 6.18 Å². The van der Waals surface area contributed by atoms with Gasteiger partial charge in [-0.25, -0.2) is 10.8 Å². The highest BCUT2D eigenvalue weighted by Gasteiger charge is 2.30. The first-order valence-electron chi connectivity index (χ1n) is 5.79. The third-order valence-corrected chi connectivity index (χ3v) is 3.17. The number of nitrogens with two attached hydrogens (primary N) is 1. The van der Waals surface area contributed by atoms with Crippen LogP contribution >= 0.6 is 15.9 Å². The molecule has 4 N–H and O–H groups in total. The van der Waals surface area contributed by atoms with Crippen LogP contribution in [-0.4, -0.2) is 9.97 Å². The minimum atomic E-state index is -4.36. The number of hydrogen-bond donors (Lipinski definition) is 3. The summed E-state index contributed by atoms with van der Waals surface area (Å²) in [6.07, 6.45) is -2.88. The second-order valence-electron chi connectivity index (χ2n) is 4.09. The molecule has 0 atom stereocenters. The largest absolute Gasteiger partial charge is 0.416 e. The Morgan fingerprint density at radius 2 is 2.05 bits per heavy atom. The van der Waals surface area contributed by atoms with E-state index in [0.717, 1.165) is 12.1 Å². The van der Waals surface area contributed by atoms with E-state index in [1.807, 2.05) is 0 Å². The van der Waals surface area contributed by atoms with Crippen molar-refractivity contribution < 1.29 is 13.2 Å². The first-order valence-corrected chi connectivity index (χ1v) is 6.58. The van der Waals surface area contributed by atoms with Gasteiger partial charge in [0, 0.05) is 12.7 Å². The van der Waals surface area contributed by atoms with Gasteiger partial charge in [0.25, 0.3) is 0 Å². The quantitative estimate of drug-likeness (QED) is 0.576. The minimum Gasteiger partial charge on any atom is -0.365 e. The minimum absolute atomic E-state index is 0.184. The molecule has 2 rings (SSSR count). The highest BCUT2D eigenvalue weighted by molar-refractivity contribution is 9.10. The molecular weight excluding hydrogens is 351 g/mol. The van der Waals surface area contributed by atoms with Crippen molar-refractivity contribution in [2.45, 2.75) is 12.7 Å². The Bertz CT molecular complexity index is 633. The van der Waals surface area contributed by atoms with Crippen LogP contribution in [0.2, 0.25) is 0 Å². The molecule has 1 aromatic heterocycles. The summed E-state index contributed by atoms with van der Waals surface area (Å²) in [5, 5.41) is 2.92. The average molecular weight is 362 g/mol. The zero-order valence-corrected chi connectivity index (χ0v) is 12.2. The molecule has 1 aromatic carbocycles. The second kappa shape index (κ2) is 6.27. The maximum Gasteiger partial charge on any atom is 0.416 e. The zero-order chi connectivity index (χ0) is 15.5. The Labute approximate surface area is 126 Å². The highest BCUT2D eigenvalue weighted by Crippen LogP contribution is 2.29. The molecule has 0 amide bonds. The van der Waals surface area contributed by atoms with Gasteiger partial charge in [-0.15, -0.1) is 0 Å². The molecule has 0 radical (unpaired) electrons. The molecular formula is C12H11BrF3N5. The van der Waals surface area contributed by atoms with Crippen molar-refractivity contribution >= 4 is 27.7 Å². The number of anilines is 2. The van der Waals surface area contributed by atoms with Gasteiger partial charge in [-0.2, -0.15) is 18.2 Å². The van der Waals surface area contributed by atoms with Crippen LogP contribution in [0.3, 0.4) is 0 Å². The number of alkyl halides is 3. The summed E-state index contributed by atoms with van der Waals surface area (Å²) in [4.78, 5) is 7.93. The molecule has 0 saturated heterocycles. The molecule has 2 aromatic rings. The highest BCUT2D eigenvalue weighted by atomic mass is 79.9. The predicted octanol–water partition coefficient (Wildman–Crippen LogP) is 3.16. The fourth-order valence-corrected chi connectivity index (χ4v) is 1.94. The Morgan fingerprint density at radius 1 is 1.29 bits per heavy atom. The third-order valence-electron chi connectivity index (χ3n) is 2.59. The molecule has 21 heavy (non-hydrogen) atoms. The number of nitrogens with zero attached hydrogens (tertiary/aromatic N) is 2. The van der Waals surface area contributed by atoms with Gasteiger partial charge in [0.15, 0.2) is 0 Å². The monoisotopic (exact) mass is 361 g/mol. The molecule has 0 aliphatic carbocycles. The van der Waals surface area contributed by atoms with E-state index in [-0.39, 0.29) is 12.5 Å². The van der Waals surface area contributed by atoms with Gasteiger partial charge in [0.2, 0.25) is 5.95 Å². The molecule has 5 nitrogen and oxygen atoms in total. The van der Waals surface area contributed by atoms with Crippen molar-refractivity contribution in [1.29, 1.82) is 0 Å². The number of rotatable bonds is 4. The lowest BCUT2D eigenvalue weighted by atomic mass is 10.1. The predicted molar refractivity (Wildman–Crippen MR) is 76.3 cm³/mol. The van der Waals surface area contributed by atoms with Crippen molar-refractivity contribution in [2.75, 3.05) is 10.7 Å². The number of halogens is 4. The van der Waals surface area contributed by atoms with Crippen LogP contribution in [0.15, 0.2) is 34.9 Å². The Hall–Kier alpha value is -1.87. The summed E-state index contributed by atoms with van der Waals surface area (Å²) in [5.41, 5.74) is 2.09. The summed E-state index contributed by atoms with van der Waals surface area (Å²) < 4.78 is 38.4. The van der Waals surface area contributed by atoms with E-state index in [1.165, 1.54) is 12.3 Å². The number of aromatic nitrogens is 2. The van der Waals surface area contributed by atoms with E-state index in [9.17, 15) is 13.2 Å². The maximum absolute atomic E-state index is 12.6. The fraction of sp³-hybridized carbons (Fsp3) is 0.167. The Balaban J connectivity index is 2.13. The molecule has 0 fully saturated rings. The zero-order valence-electron chi connectivity index (χ0n) is 10.6. The van der Waals surface area contributed by atoms with Gasteiger partial charge in [-0.3, -0.25) is 5.43 Å². The van der Waals surface area contributed by atoms with Crippen LogP contribution in [0.1, 0.15) is 11.1 Å². The molecule has 0 unspecified atom stereocenters. The van der Waals surface area contributed by atoms with Crippen LogP contribution in [0.25, 0.3) is 0 Å². The van der Waals surface area contributed by atoms with Gasteiger partial charge < -0.3 is 5.32 Å². The summed E-state index contributed by atoms with van der Waals surface area (Å²) in [7, 11) is 0. The summed E-state index contributed by atoms with van der Waals surface area (Å²) >= 11 is 3.24. The molecule has 112 valence electrons. The molecule has 0 aliphatic heterocycles. The van der Waals surface area contributed by atoms with E-state index in [2.05, 4.69) is 36.6 Å². The molecule has 0 spiro atoms. The van der Waals surface area contributed by atoms with E-state index in [4.69, 9.17) is 5.84 Å². The summed E-state index contributed by atoms with van der Waals surface area (Å²) in [6.45, 7) is 0.184. The van der Waals surface area contributed by atoms with Crippen LogP contribution < -0.4 is 16.6 Å². The van der Waals surface area contributed by atoms with E-state index < -0.39 is 11.7 Å². The van der Waals surface area contributed by atoms with E-state index >= 15 is 0 Å². The lowest BCUT2D eigenvalue weighted by Gasteiger charge is -2.11. The number of nitrogen functional groups attached to an aromatic ring is 1. The first kappa shape index (κ1) is 15.5. The van der Waals surface area contributed by atoms with Gasteiger partial charge in [-0.1, -0.05) is 12.1 Å². The SMILES string of the molecule is NNc1ncc(Br)c(NCc2cccc(C(F)(F)F)c2)n1. The normalized spacial score (nSPS) is 11.3. The molecule has 0 bridgehead atoms. The van der Waals surface area contributed by atoms with Crippen LogP contribution in [0.5, 0.6) is 0 Å². The maximum atomic E-state index is 12.6.